The van der Waals surface area contributed by atoms with Gasteiger partial charge in [-0.2, -0.15) is 15.5 Å². The first-order chi connectivity index (χ1) is 20.3. The summed E-state index contributed by atoms with van der Waals surface area (Å²) in [5.41, 5.74) is 6.48. The first-order valence-electron chi connectivity index (χ1n) is 14.4. The standard InChI is InChI=1S/C30H36N9O2P/c1-19-12-23(15-31)14-24(13-19)25-4-6-33-39(25)30(40)37-9-7-36(8-10-37)29-32-16-26(42)28(34-29)27-20(2)35-38(21(27)3)17-22-5-11-41-18-22/h6,12-14,16,22,25H,4-5,7-11,17-18,42H2,1-3H3. The number of hydrazone groups is 1. The number of nitriles is 1. The summed E-state index contributed by atoms with van der Waals surface area (Å²) in [6.07, 6.45) is 5.32. The van der Waals surface area contributed by atoms with Crippen LogP contribution in [0.1, 0.15) is 47.0 Å². The minimum atomic E-state index is -0.211. The molecular weight excluding hydrogens is 549 g/mol. The van der Waals surface area contributed by atoms with Crippen LogP contribution in [0, 0.1) is 38.0 Å². The molecule has 3 aliphatic heterocycles. The molecule has 6 rings (SSSR count). The molecule has 11 nitrogen and oxygen atoms in total. The molecular formula is C30H36N9O2P. The molecule has 3 atom stereocenters. The van der Waals surface area contributed by atoms with Gasteiger partial charge < -0.3 is 14.5 Å². The van der Waals surface area contributed by atoms with E-state index in [-0.39, 0.29) is 12.1 Å². The Labute approximate surface area is 248 Å². The molecule has 0 radical (unpaired) electrons. The number of carbonyl (C=O) groups excluding carboxylic acids is 1. The van der Waals surface area contributed by atoms with Crippen LogP contribution in [0.4, 0.5) is 10.7 Å². The van der Waals surface area contributed by atoms with Crippen LogP contribution in [-0.2, 0) is 11.3 Å². The lowest BCUT2D eigenvalue weighted by atomic mass is 9.99. The number of ether oxygens (including phenoxy) is 1. The second-order valence-electron chi connectivity index (χ2n) is 11.3. The molecule has 1 aromatic carbocycles. The van der Waals surface area contributed by atoms with Crippen molar-refractivity contribution in [1.29, 1.82) is 5.26 Å². The number of urea groups is 1. The zero-order valence-corrected chi connectivity index (χ0v) is 25.5. The summed E-state index contributed by atoms with van der Waals surface area (Å²) in [5, 5.41) is 21.2. The number of aromatic nitrogens is 4. The van der Waals surface area contributed by atoms with Gasteiger partial charge in [-0.25, -0.2) is 19.8 Å². The molecule has 0 N–H and O–H groups in total. The molecule has 0 aliphatic carbocycles. The number of nitrogens with zero attached hydrogens (tertiary/aromatic N) is 9. The van der Waals surface area contributed by atoms with E-state index in [1.165, 1.54) is 0 Å². The summed E-state index contributed by atoms with van der Waals surface area (Å²) in [5.74, 6) is 1.14. The normalized spacial score (nSPS) is 20.4. The molecule has 3 aliphatic rings. The minimum Gasteiger partial charge on any atom is -0.381 e. The highest BCUT2D eigenvalue weighted by molar-refractivity contribution is 7.27. The van der Waals surface area contributed by atoms with E-state index >= 15 is 0 Å². The molecule has 12 heteroatoms. The lowest BCUT2D eigenvalue weighted by molar-refractivity contribution is 0.139. The second-order valence-corrected chi connectivity index (χ2v) is 11.9. The average molecular weight is 586 g/mol. The Morgan fingerprint density at radius 2 is 1.98 bits per heavy atom. The van der Waals surface area contributed by atoms with Crippen molar-refractivity contribution in [2.24, 2.45) is 11.0 Å². The van der Waals surface area contributed by atoms with Gasteiger partial charge in [-0.3, -0.25) is 4.68 Å². The summed E-state index contributed by atoms with van der Waals surface area (Å²) in [7, 11) is 2.76. The number of carbonyl (C=O) groups is 1. The Morgan fingerprint density at radius 1 is 1.17 bits per heavy atom. The lowest BCUT2D eigenvalue weighted by Gasteiger charge is -2.37. The fraction of sp³-hybridized carbons (Fsp3) is 0.467. The predicted octanol–water partition coefficient (Wildman–Crippen LogP) is 3.35. The SMILES string of the molecule is Cc1cc(C#N)cc(C2CC=NN2C(=O)N2CCN(c3ncc(P)c(-c4c(C)nn(CC5CCOC5)c4C)n3)CC2)c1. The molecule has 2 fully saturated rings. The molecule has 2 amide bonds. The number of rotatable bonds is 5. The van der Waals surface area contributed by atoms with Gasteiger partial charge in [0.25, 0.3) is 0 Å². The molecule has 3 aromatic rings. The highest BCUT2D eigenvalue weighted by Crippen LogP contribution is 2.31. The molecule has 5 heterocycles. The Hall–Kier alpha value is -3.87. The lowest BCUT2D eigenvalue weighted by Crippen LogP contribution is -2.52. The average Bonchev–Trinajstić information content (AvgIpc) is 3.75. The fourth-order valence-corrected chi connectivity index (χ4v) is 6.39. The van der Waals surface area contributed by atoms with Gasteiger partial charge in [-0.15, -0.1) is 9.24 Å². The van der Waals surface area contributed by atoms with Crippen molar-refractivity contribution in [3.8, 4) is 17.3 Å². The number of benzene rings is 1. The van der Waals surface area contributed by atoms with Crippen molar-refractivity contribution < 1.29 is 9.53 Å². The number of amides is 2. The largest absolute Gasteiger partial charge is 0.381 e. The second kappa shape index (κ2) is 11.8. The van der Waals surface area contributed by atoms with E-state index < -0.39 is 0 Å². The van der Waals surface area contributed by atoms with Gasteiger partial charge in [0.2, 0.25) is 5.95 Å². The third-order valence-electron chi connectivity index (χ3n) is 8.35. The van der Waals surface area contributed by atoms with Crippen molar-refractivity contribution in [2.75, 3.05) is 44.3 Å². The van der Waals surface area contributed by atoms with Crippen molar-refractivity contribution in [3.05, 3.63) is 52.5 Å². The maximum atomic E-state index is 13.6. The van der Waals surface area contributed by atoms with Crippen LogP contribution in [0.25, 0.3) is 11.3 Å². The zero-order valence-electron chi connectivity index (χ0n) is 24.3. The summed E-state index contributed by atoms with van der Waals surface area (Å²) in [6.45, 7) is 10.9. The van der Waals surface area contributed by atoms with E-state index in [0.717, 1.165) is 65.3 Å². The van der Waals surface area contributed by atoms with E-state index in [9.17, 15) is 10.1 Å². The van der Waals surface area contributed by atoms with Gasteiger partial charge in [-0.1, -0.05) is 6.07 Å². The fourth-order valence-electron chi connectivity index (χ4n) is 6.11. The topological polar surface area (TPSA) is 116 Å². The summed E-state index contributed by atoms with van der Waals surface area (Å²) < 4.78 is 7.66. The predicted molar refractivity (Wildman–Crippen MR) is 164 cm³/mol. The highest BCUT2D eigenvalue weighted by Gasteiger charge is 2.34. The van der Waals surface area contributed by atoms with Gasteiger partial charge in [0.1, 0.15) is 0 Å². The van der Waals surface area contributed by atoms with Gasteiger partial charge >= 0.3 is 6.03 Å². The van der Waals surface area contributed by atoms with Crippen LogP contribution in [0.15, 0.2) is 29.5 Å². The van der Waals surface area contributed by atoms with Crippen LogP contribution in [0.2, 0.25) is 0 Å². The Kier molecular flexibility index (Phi) is 7.93. The highest BCUT2D eigenvalue weighted by atomic mass is 31.0. The molecule has 2 aromatic heterocycles. The van der Waals surface area contributed by atoms with E-state index in [2.05, 4.69) is 41.9 Å². The molecule has 2 saturated heterocycles. The molecule has 0 spiro atoms. The Balaban J connectivity index is 1.15. The summed E-state index contributed by atoms with van der Waals surface area (Å²) >= 11 is 0. The first kappa shape index (κ1) is 28.3. The van der Waals surface area contributed by atoms with Gasteiger partial charge in [0, 0.05) is 80.6 Å². The number of hydrogen-bond acceptors (Lipinski definition) is 8. The zero-order chi connectivity index (χ0) is 29.4. The van der Waals surface area contributed by atoms with Crippen LogP contribution >= 0.6 is 9.24 Å². The molecule has 0 saturated carbocycles. The van der Waals surface area contributed by atoms with Crippen LogP contribution in [0.5, 0.6) is 0 Å². The summed E-state index contributed by atoms with van der Waals surface area (Å²) in [4.78, 5) is 27.2. The quantitative estimate of drug-likeness (QED) is 0.422. The van der Waals surface area contributed by atoms with Crippen molar-refractivity contribution in [3.63, 3.8) is 0 Å². The van der Waals surface area contributed by atoms with E-state index in [4.69, 9.17) is 14.8 Å². The van der Waals surface area contributed by atoms with Crippen LogP contribution < -0.4 is 10.2 Å². The van der Waals surface area contributed by atoms with E-state index in [0.29, 0.717) is 50.0 Å². The Morgan fingerprint density at radius 3 is 2.71 bits per heavy atom. The van der Waals surface area contributed by atoms with Gasteiger partial charge in [0.15, 0.2) is 0 Å². The first-order valence-corrected chi connectivity index (χ1v) is 15.0. The Bertz CT molecular complexity index is 1570. The number of piperazine rings is 1. The van der Waals surface area contributed by atoms with Crippen molar-refractivity contribution in [1.82, 2.24) is 29.7 Å². The number of anilines is 1. The maximum absolute atomic E-state index is 13.6. The van der Waals surface area contributed by atoms with Gasteiger partial charge in [0.05, 0.1) is 35.7 Å². The molecule has 218 valence electrons. The van der Waals surface area contributed by atoms with Crippen molar-refractivity contribution in [2.45, 2.75) is 46.2 Å². The van der Waals surface area contributed by atoms with Gasteiger partial charge in [-0.05, 0) is 50.5 Å². The molecule has 3 unspecified atom stereocenters. The smallest absolute Gasteiger partial charge is 0.341 e. The third-order valence-corrected chi connectivity index (χ3v) is 8.77. The summed E-state index contributed by atoms with van der Waals surface area (Å²) in [6, 6.07) is 7.61. The maximum Gasteiger partial charge on any atom is 0.341 e. The monoisotopic (exact) mass is 585 g/mol. The third kappa shape index (κ3) is 5.49. The van der Waals surface area contributed by atoms with Crippen LogP contribution in [-0.4, -0.2) is 81.3 Å². The van der Waals surface area contributed by atoms with E-state index in [1.807, 2.05) is 43.1 Å². The van der Waals surface area contributed by atoms with Crippen molar-refractivity contribution >= 4 is 32.7 Å². The number of aryl methyl sites for hydroxylation is 2. The molecule has 0 bridgehead atoms. The minimum absolute atomic E-state index is 0.123. The number of hydrogen-bond donors (Lipinski definition) is 0. The molecule has 42 heavy (non-hydrogen) atoms. The van der Waals surface area contributed by atoms with E-state index in [1.54, 1.807) is 11.2 Å². The van der Waals surface area contributed by atoms with Crippen LogP contribution in [0.3, 0.4) is 0 Å².